The quantitative estimate of drug-likeness (QED) is 0.943. The van der Waals surface area contributed by atoms with Gasteiger partial charge in [-0.25, -0.2) is 4.98 Å². The topological polar surface area (TPSA) is 63.6 Å². The molecule has 4 rings (SSSR count). The Morgan fingerprint density at radius 1 is 1.27 bits per heavy atom. The lowest BCUT2D eigenvalue weighted by atomic mass is 10.1. The van der Waals surface area contributed by atoms with Gasteiger partial charge in [0.2, 0.25) is 6.10 Å². The van der Waals surface area contributed by atoms with Crippen molar-refractivity contribution in [3.8, 4) is 0 Å². The van der Waals surface area contributed by atoms with E-state index in [0.717, 1.165) is 17.0 Å². The van der Waals surface area contributed by atoms with E-state index in [-0.39, 0.29) is 5.91 Å². The van der Waals surface area contributed by atoms with Gasteiger partial charge in [-0.3, -0.25) is 10.1 Å². The molecule has 1 aliphatic carbocycles. The number of amides is 1. The van der Waals surface area contributed by atoms with Gasteiger partial charge in [0.15, 0.2) is 5.13 Å². The van der Waals surface area contributed by atoms with E-state index in [0.29, 0.717) is 17.5 Å². The van der Waals surface area contributed by atoms with Crippen molar-refractivity contribution < 1.29 is 9.63 Å². The lowest BCUT2D eigenvalue weighted by Crippen LogP contribution is -2.28. The third kappa shape index (κ3) is 2.74. The van der Waals surface area contributed by atoms with Crippen molar-refractivity contribution in [3.63, 3.8) is 0 Å². The summed E-state index contributed by atoms with van der Waals surface area (Å²) < 4.78 is 0. The molecule has 0 spiro atoms. The zero-order valence-corrected chi connectivity index (χ0v) is 12.7. The van der Waals surface area contributed by atoms with Crippen molar-refractivity contribution in [1.29, 1.82) is 0 Å². The van der Waals surface area contributed by atoms with Gasteiger partial charge in [0.25, 0.3) is 5.91 Å². The maximum absolute atomic E-state index is 12.2. The molecule has 2 aliphatic rings. The molecule has 1 fully saturated rings. The van der Waals surface area contributed by atoms with Gasteiger partial charge in [-0.15, -0.1) is 11.3 Å². The largest absolute Gasteiger partial charge is 0.382 e. The minimum atomic E-state index is -0.580. The normalized spacial score (nSPS) is 20.4. The summed E-state index contributed by atoms with van der Waals surface area (Å²) in [5.74, 6) is 0.407. The van der Waals surface area contributed by atoms with Crippen molar-refractivity contribution in [3.05, 3.63) is 47.0 Å². The molecule has 6 heteroatoms. The standard InChI is InChI=1S/C16H15N3O2S/c20-15(18-16-17-13(9-22-16)11-6-7-11)14-8-12(19-21-14)10-4-2-1-3-5-10/h1-5,9,11,14H,6-8H2,(H,17,18,20)/t14-/m1/s1. The molecule has 0 radical (unpaired) electrons. The molecule has 22 heavy (non-hydrogen) atoms. The molecule has 0 bridgehead atoms. The van der Waals surface area contributed by atoms with Crippen LogP contribution in [-0.2, 0) is 9.63 Å². The summed E-state index contributed by atoms with van der Waals surface area (Å²) in [6.07, 6.45) is 2.31. The average molecular weight is 313 g/mol. The summed E-state index contributed by atoms with van der Waals surface area (Å²) >= 11 is 1.47. The first-order valence-electron chi connectivity index (χ1n) is 7.34. The maximum atomic E-state index is 12.2. The molecule has 1 N–H and O–H groups in total. The fourth-order valence-corrected chi connectivity index (χ4v) is 3.21. The van der Waals surface area contributed by atoms with Gasteiger partial charge in [0.1, 0.15) is 0 Å². The predicted molar refractivity (Wildman–Crippen MR) is 85.2 cm³/mol. The fraction of sp³-hybridized carbons (Fsp3) is 0.312. The van der Waals surface area contributed by atoms with Gasteiger partial charge in [-0.05, 0) is 18.4 Å². The van der Waals surface area contributed by atoms with Crippen molar-refractivity contribution >= 4 is 28.1 Å². The molecule has 1 aromatic heterocycles. The number of nitrogens with zero attached hydrogens (tertiary/aromatic N) is 2. The number of aromatic nitrogens is 1. The number of nitrogens with one attached hydrogen (secondary N) is 1. The van der Waals surface area contributed by atoms with E-state index in [4.69, 9.17) is 4.84 Å². The van der Waals surface area contributed by atoms with Crippen LogP contribution < -0.4 is 5.32 Å². The van der Waals surface area contributed by atoms with Crippen LogP contribution in [0, 0.1) is 0 Å². The number of hydrogen-bond acceptors (Lipinski definition) is 5. The molecule has 1 aromatic carbocycles. The highest BCUT2D eigenvalue weighted by atomic mass is 32.1. The lowest BCUT2D eigenvalue weighted by Gasteiger charge is -2.06. The summed E-state index contributed by atoms with van der Waals surface area (Å²) in [6, 6.07) is 9.76. The zero-order valence-electron chi connectivity index (χ0n) is 11.9. The van der Waals surface area contributed by atoms with Crippen molar-refractivity contribution in [1.82, 2.24) is 4.98 Å². The van der Waals surface area contributed by atoms with Crippen LogP contribution in [-0.4, -0.2) is 22.7 Å². The second-order valence-electron chi connectivity index (χ2n) is 5.54. The van der Waals surface area contributed by atoms with E-state index in [1.807, 2.05) is 35.7 Å². The number of carbonyl (C=O) groups excluding carboxylic acids is 1. The SMILES string of the molecule is O=C(Nc1nc(C2CC2)cs1)[C@H]1CC(c2ccccc2)=NO1. The van der Waals surface area contributed by atoms with Crippen LogP contribution in [0.3, 0.4) is 0 Å². The Morgan fingerprint density at radius 3 is 2.86 bits per heavy atom. The Balaban J connectivity index is 1.37. The molecular weight excluding hydrogens is 298 g/mol. The molecule has 2 heterocycles. The molecule has 112 valence electrons. The fourth-order valence-electron chi connectivity index (χ4n) is 2.42. The number of hydrogen-bond donors (Lipinski definition) is 1. The lowest BCUT2D eigenvalue weighted by molar-refractivity contribution is -0.125. The smallest absolute Gasteiger partial charge is 0.270 e. The monoisotopic (exact) mass is 313 g/mol. The van der Waals surface area contributed by atoms with E-state index >= 15 is 0 Å². The minimum absolute atomic E-state index is 0.189. The Morgan fingerprint density at radius 2 is 2.09 bits per heavy atom. The first-order chi connectivity index (χ1) is 10.8. The number of oxime groups is 1. The van der Waals surface area contributed by atoms with E-state index in [9.17, 15) is 4.79 Å². The van der Waals surface area contributed by atoms with Crippen LogP contribution in [0.1, 0.15) is 36.4 Å². The first-order valence-corrected chi connectivity index (χ1v) is 8.22. The Kier molecular flexibility index (Phi) is 3.38. The van der Waals surface area contributed by atoms with Crippen LogP contribution in [0.25, 0.3) is 0 Å². The summed E-state index contributed by atoms with van der Waals surface area (Å²) in [5, 5.41) is 9.53. The molecule has 1 saturated carbocycles. The maximum Gasteiger partial charge on any atom is 0.270 e. The van der Waals surface area contributed by atoms with Crippen LogP contribution in [0.5, 0.6) is 0 Å². The Bertz CT molecular complexity index is 722. The molecule has 1 atom stereocenters. The average Bonchev–Trinajstić information content (AvgIpc) is 3.10. The number of anilines is 1. The second-order valence-corrected chi connectivity index (χ2v) is 6.40. The first kappa shape index (κ1) is 13.5. The summed E-state index contributed by atoms with van der Waals surface area (Å²) in [6.45, 7) is 0. The van der Waals surface area contributed by atoms with Crippen LogP contribution in [0.15, 0.2) is 40.9 Å². The van der Waals surface area contributed by atoms with E-state index in [1.165, 1.54) is 24.2 Å². The number of thiazole rings is 1. The molecule has 0 unspecified atom stereocenters. The summed E-state index contributed by atoms with van der Waals surface area (Å²) in [4.78, 5) is 22.0. The van der Waals surface area contributed by atoms with Gasteiger partial charge in [-0.1, -0.05) is 35.5 Å². The van der Waals surface area contributed by atoms with Crippen LogP contribution >= 0.6 is 11.3 Å². The van der Waals surface area contributed by atoms with Crippen molar-refractivity contribution in [2.75, 3.05) is 5.32 Å². The number of benzene rings is 1. The van der Waals surface area contributed by atoms with E-state index in [2.05, 4.69) is 15.5 Å². The van der Waals surface area contributed by atoms with Gasteiger partial charge in [0, 0.05) is 17.7 Å². The molecule has 0 saturated heterocycles. The molecule has 5 nitrogen and oxygen atoms in total. The molecule has 1 amide bonds. The van der Waals surface area contributed by atoms with E-state index in [1.54, 1.807) is 0 Å². The zero-order chi connectivity index (χ0) is 14.9. The minimum Gasteiger partial charge on any atom is -0.382 e. The van der Waals surface area contributed by atoms with E-state index < -0.39 is 6.10 Å². The third-order valence-electron chi connectivity index (χ3n) is 3.82. The van der Waals surface area contributed by atoms with Gasteiger partial charge in [-0.2, -0.15) is 0 Å². The Hall–Kier alpha value is -2.21. The summed E-state index contributed by atoms with van der Waals surface area (Å²) in [7, 11) is 0. The highest BCUT2D eigenvalue weighted by molar-refractivity contribution is 7.13. The third-order valence-corrected chi connectivity index (χ3v) is 4.59. The van der Waals surface area contributed by atoms with Gasteiger partial charge < -0.3 is 4.84 Å². The highest BCUT2D eigenvalue weighted by Crippen LogP contribution is 2.40. The summed E-state index contributed by atoms with van der Waals surface area (Å²) in [5.41, 5.74) is 2.88. The molecular formula is C16H15N3O2S. The van der Waals surface area contributed by atoms with Crippen molar-refractivity contribution in [2.45, 2.75) is 31.3 Å². The Labute approximate surface area is 132 Å². The van der Waals surface area contributed by atoms with Crippen LogP contribution in [0.2, 0.25) is 0 Å². The van der Waals surface area contributed by atoms with Gasteiger partial charge in [0.05, 0.1) is 11.4 Å². The number of carbonyl (C=O) groups is 1. The second kappa shape index (κ2) is 5.53. The highest BCUT2D eigenvalue weighted by Gasteiger charge is 2.30. The molecule has 2 aromatic rings. The van der Waals surface area contributed by atoms with Crippen LogP contribution in [0.4, 0.5) is 5.13 Å². The molecule has 1 aliphatic heterocycles. The van der Waals surface area contributed by atoms with Gasteiger partial charge >= 0.3 is 0 Å². The predicted octanol–water partition coefficient (Wildman–Crippen LogP) is 3.15. The van der Waals surface area contributed by atoms with Crippen molar-refractivity contribution in [2.24, 2.45) is 5.16 Å². The number of rotatable bonds is 4.